The Bertz CT molecular complexity index is 1420. The first kappa shape index (κ1) is 29.1. The van der Waals surface area contributed by atoms with Crippen molar-refractivity contribution in [3.63, 3.8) is 0 Å². The van der Waals surface area contributed by atoms with Gasteiger partial charge < -0.3 is 30.0 Å². The first-order valence-corrected chi connectivity index (χ1v) is 12.8. The highest BCUT2D eigenvalue weighted by molar-refractivity contribution is 5.86. The van der Waals surface area contributed by atoms with Crippen LogP contribution in [0.15, 0.2) is 79.0 Å². The van der Waals surface area contributed by atoms with Crippen LogP contribution in [0.4, 0.5) is 13.2 Å². The van der Waals surface area contributed by atoms with Crippen molar-refractivity contribution in [3.05, 3.63) is 95.7 Å². The number of esters is 1. The summed E-state index contributed by atoms with van der Waals surface area (Å²) in [5, 5.41) is 19.5. The zero-order chi connectivity index (χ0) is 28.8. The van der Waals surface area contributed by atoms with Gasteiger partial charge in [0.05, 0.1) is 24.3 Å². The predicted octanol–water partition coefficient (Wildman–Crippen LogP) is 4.47. The van der Waals surface area contributed by atoms with Gasteiger partial charge in [0.25, 0.3) is 0 Å². The van der Waals surface area contributed by atoms with Crippen LogP contribution in [-0.2, 0) is 28.8 Å². The summed E-state index contributed by atoms with van der Waals surface area (Å²) in [7, 11) is 0. The maximum Gasteiger partial charge on any atom is 0.573 e. The first-order valence-electron chi connectivity index (χ1n) is 12.8. The number of hydrogen-bond donors (Lipinski definition) is 3. The van der Waals surface area contributed by atoms with Gasteiger partial charge in [-0.3, -0.25) is 4.79 Å². The lowest BCUT2D eigenvalue weighted by atomic mass is 10.0. The van der Waals surface area contributed by atoms with Gasteiger partial charge >= 0.3 is 12.3 Å². The fraction of sp³-hybridized carbons (Fsp3) is 0.300. The number of nitrogens with two attached hydrogens (primary N) is 1. The maximum atomic E-state index is 12.6. The standard InChI is InChI=1S/C30H31F3N2O5/c31-30(32,33)40-25-12-10-24(11-13-25)35-17-23(9-6-21-4-2-1-3-5-21)26-16-22(7-14-27(26)35)8-15-28(38)39-20-29(34,18-36)19-37/h1-5,7,10-14,16-17,36-37H,6,8-9,15,18-20,34H2. The summed E-state index contributed by atoms with van der Waals surface area (Å²) in [4.78, 5) is 12.3. The van der Waals surface area contributed by atoms with E-state index in [1.165, 1.54) is 17.7 Å². The van der Waals surface area contributed by atoms with Gasteiger partial charge in [0.2, 0.25) is 0 Å². The van der Waals surface area contributed by atoms with Gasteiger partial charge in [-0.25, -0.2) is 0 Å². The Hall–Kier alpha value is -3.86. The third-order valence-electron chi connectivity index (χ3n) is 6.59. The smallest absolute Gasteiger partial charge is 0.464 e. The van der Waals surface area contributed by atoms with Crippen LogP contribution < -0.4 is 10.5 Å². The summed E-state index contributed by atoms with van der Waals surface area (Å²) in [5.41, 5.74) is 9.05. The molecule has 4 aromatic rings. The first-order chi connectivity index (χ1) is 19.1. The average Bonchev–Trinajstić information content (AvgIpc) is 3.31. The Labute approximate surface area is 229 Å². The van der Waals surface area contributed by atoms with Gasteiger partial charge in [0.1, 0.15) is 12.4 Å². The molecule has 1 aromatic heterocycles. The molecule has 0 atom stereocenters. The lowest BCUT2D eigenvalue weighted by Gasteiger charge is -2.23. The van der Waals surface area contributed by atoms with Gasteiger partial charge in [-0.2, -0.15) is 0 Å². The maximum absolute atomic E-state index is 12.6. The molecule has 40 heavy (non-hydrogen) atoms. The van der Waals surface area contributed by atoms with E-state index in [2.05, 4.69) is 16.9 Å². The number of benzene rings is 3. The van der Waals surface area contributed by atoms with Gasteiger partial charge in [0, 0.05) is 23.7 Å². The SMILES string of the molecule is NC(CO)(CO)COC(=O)CCc1ccc2c(c1)c(CCc1ccccc1)cn2-c1ccc(OC(F)(F)F)cc1. The summed E-state index contributed by atoms with van der Waals surface area (Å²) >= 11 is 0. The van der Waals surface area contributed by atoms with Crippen LogP contribution in [0.25, 0.3) is 16.6 Å². The molecule has 7 nitrogen and oxygen atoms in total. The molecule has 0 spiro atoms. The number of fused-ring (bicyclic) bond motifs is 1. The highest BCUT2D eigenvalue weighted by atomic mass is 19.4. The number of aliphatic hydroxyl groups is 2. The van der Waals surface area contributed by atoms with E-state index >= 15 is 0 Å². The van der Waals surface area contributed by atoms with Crippen LogP contribution in [-0.4, -0.2) is 52.5 Å². The summed E-state index contributed by atoms with van der Waals surface area (Å²) in [5.74, 6) is -0.795. The molecule has 0 aliphatic heterocycles. The summed E-state index contributed by atoms with van der Waals surface area (Å²) in [6.45, 7) is -1.33. The van der Waals surface area contributed by atoms with E-state index in [0.29, 0.717) is 12.1 Å². The molecule has 0 aliphatic rings. The second-order valence-electron chi connectivity index (χ2n) is 9.74. The van der Waals surface area contributed by atoms with E-state index in [0.717, 1.165) is 34.9 Å². The molecule has 4 N–H and O–H groups in total. The van der Waals surface area contributed by atoms with Gasteiger partial charge in [-0.15, -0.1) is 13.2 Å². The second kappa shape index (κ2) is 12.5. The van der Waals surface area contributed by atoms with Crippen molar-refractivity contribution in [2.45, 2.75) is 37.6 Å². The lowest BCUT2D eigenvalue weighted by Crippen LogP contribution is -2.51. The zero-order valence-corrected chi connectivity index (χ0v) is 21.7. The third-order valence-corrected chi connectivity index (χ3v) is 6.59. The van der Waals surface area contributed by atoms with Crippen LogP contribution in [0.3, 0.4) is 0 Å². The molecule has 0 amide bonds. The Morgan fingerprint density at radius 2 is 1.57 bits per heavy atom. The van der Waals surface area contributed by atoms with Crippen LogP contribution in [0.1, 0.15) is 23.1 Å². The van der Waals surface area contributed by atoms with Crippen molar-refractivity contribution in [3.8, 4) is 11.4 Å². The molecule has 0 bridgehead atoms. The molecule has 0 saturated heterocycles. The summed E-state index contributed by atoms with van der Waals surface area (Å²) in [6, 6.07) is 21.6. The minimum atomic E-state index is -4.76. The molecular formula is C30H31F3N2O5. The van der Waals surface area contributed by atoms with Crippen molar-refractivity contribution in [2.75, 3.05) is 19.8 Å². The fourth-order valence-corrected chi connectivity index (χ4v) is 4.33. The Morgan fingerprint density at radius 3 is 2.23 bits per heavy atom. The van der Waals surface area contributed by atoms with Crippen molar-refractivity contribution in [1.29, 1.82) is 0 Å². The Morgan fingerprint density at radius 1 is 0.875 bits per heavy atom. The number of carbonyl (C=O) groups is 1. The number of aliphatic hydroxyl groups excluding tert-OH is 2. The van der Waals surface area contributed by atoms with E-state index in [1.807, 2.05) is 47.2 Å². The molecule has 0 radical (unpaired) electrons. The number of aryl methyl sites for hydroxylation is 3. The van der Waals surface area contributed by atoms with E-state index in [9.17, 15) is 28.2 Å². The second-order valence-corrected chi connectivity index (χ2v) is 9.74. The lowest BCUT2D eigenvalue weighted by molar-refractivity contribution is -0.274. The van der Waals surface area contributed by atoms with Crippen molar-refractivity contribution >= 4 is 16.9 Å². The Kier molecular flexibility index (Phi) is 9.14. The summed E-state index contributed by atoms with van der Waals surface area (Å²) < 4.78 is 48.9. The molecule has 10 heteroatoms. The molecule has 0 unspecified atom stereocenters. The third kappa shape index (κ3) is 7.62. The van der Waals surface area contributed by atoms with Crippen LogP contribution in [0, 0.1) is 0 Å². The zero-order valence-electron chi connectivity index (χ0n) is 21.7. The minimum absolute atomic E-state index is 0.0825. The number of rotatable bonds is 12. The van der Waals surface area contributed by atoms with Gasteiger partial charge in [-0.1, -0.05) is 36.4 Å². The van der Waals surface area contributed by atoms with E-state index in [-0.39, 0.29) is 18.8 Å². The fourth-order valence-electron chi connectivity index (χ4n) is 4.33. The molecule has 4 rings (SSSR count). The minimum Gasteiger partial charge on any atom is -0.464 e. The molecule has 212 valence electrons. The van der Waals surface area contributed by atoms with E-state index in [4.69, 9.17) is 10.5 Å². The van der Waals surface area contributed by atoms with E-state index in [1.54, 1.807) is 12.1 Å². The monoisotopic (exact) mass is 556 g/mol. The number of alkyl halides is 3. The van der Waals surface area contributed by atoms with Crippen LogP contribution in [0.2, 0.25) is 0 Å². The quantitative estimate of drug-likeness (QED) is 0.222. The van der Waals surface area contributed by atoms with Crippen LogP contribution in [0.5, 0.6) is 5.75 Å². The topological polar surface area (TPSA) is 107 Å². The van der Waals surface area contributed by atoms with Crippen molar-refractivity contribution < 1.29 is 37.7 Å². The van der Waals surface area contributed by atoms with Gasteiger partial charge in [-0.05, 0) is 72.4 Å². The molecule has 0 saturated carbocycles. The molecule has 1 heterocycles. The normalized spacial score (nSPS) is 12.1. The van der Waals surface area contributed by atoms with Crippen LogP contribution >= 0.6 is 0 Å². The van der Waals surface area contributed by atoms with E-state index < -0.39 is 31.1 Å². The number of aromatic nitrogens is 1. The van der Waals surface area contributed by atoms with Crippen molar-refractivity contribution in [1.82, 2.24) is 4.57 Å². The molecule has 0 aliphatic carbocycles. The number of hydrogen-bond acceptors (Lipinski definition) is 6. The number of halogens is 3. The highest BCUT2D eigenvalue weighted by Crippen LogP contribution is 2.30. The molecule has 3 aromatic carbocycles. The number of nitrogens with zero attached hydrogens (tertiary/aromatic N) is 1. The largest absolute Gasteiger partial charge is 0.573 e. The van der Waals surface area contributed by atoms with Gasteiger partial charge in [0.15, 0.2) is 0 Å². The molecule has 0 fully saturated rings. The Balaban J connectivity index is 1.56. The highest BCUT2D eigenvalue weighted by Gasteiger charge is 2.31. The molecular weight excluding hydrogens is 525 g/mol. The number of carbonyl (C=O) groups excluding carboxylic acids is 1. The summed E-state index contributed by atoms with van der Waals surface area (Å²) in [6.07, 6.45) is -0.771. The number of ether oxygens (including phenoxy) is 2. The predicted molar refractivity (Wildman–Crippen MR) is 144 cm³/mol. The average molecular weight is 557 g/mol. The van der Waals surface area contributed by atoms with Crippen molar-refractivity contribution in [2.24, 2.45) is 5.73 Å².